The van der Waals surface area contributed by atoms with Gasteiger partial charge in [0.05, 0.1) is 16.4 Å². The lowest BCUT2D eigenvalue weighted by Gasteiger charge is -2.21. The predicted octanol–water partition coefficient (Wildman–Crippen LogP) is 3.33. The van der Waals surface area contributed by atoms with Gasteiger partial charge < -0.3 is 0 Å². The average molecular weight is 367 g/mol. The summed E-state index contributed by atoms with van der Waals surface area (Å²) in [7, 11) is 0. The largest absolute Gasteiger partial charge is 0.271 e. The van der Waals surface area contributed by atoms with Gasteiger partial charge in [-0.3, -0.25) is 9.59 Å². The summed E-state index contributed by atoms with van der Waals surface area (Å²) >= 11 is 6.24. The fraction of sp³-hybridized carbons (Fsp3) is 0.263. The molecule has 0 radical (unpaired) electrons. The Morgan fingerprint density at radius 1 is 1.00 bits per heavy atom. The van der Waals surface area contributed by atoms with Crippen LogP contribution in [0.15, 0.2) is 52.8 Å². The second kappa shape index (κ2) is 5.64. The van der Waals surface area contributed by atoms with Gasteiger partial charge in [0, 0.05) is 0 Å². The zero-order chi connectivity index (χ0) is 17.8. The minimum Gasteiger partial charge on any atom is -0.271 e. The summed E-state index contributed by atoms with van der Waals surface area (Å²) in [5.41, 5.74) is 3.70. The van der Waals surface area contributed by atoms with Gasteiger partial charge in [-0.2, -0.15) is 5.11 Å². The highest BCUT2D eigenvalue weighted by atomic mass is 35.5. The molecule has 1 saturated heterocycles. The molecule has 2 atom stereocenters. The molecule has 0 unspecified atom stereocenters. The van der Waals surface area contributed by atoms with Crippen molar-refractivity contribution in [3.8, 4) is 0 Å². The maximum Gasteiger partial charge on any atom is 0.263 e. The number of hydrogen-bond acceptors (Lipinski definition) is 5. The van der Waals surface area contributed by atoms with E-state index in [9.17, 15) is 9.59 Å². The number of rotatable bonds is 2. The molecule has 2 aromatic carbocycles. The number of fused-ring (bicyclic) bond motifs is 2. The van der Waals surface area contributed by atoms with Crippen LogP contribution in [0.1, 0.15) is 17.5 Å². The first-order valence-electron chi connectivity index (χ1n) is 8.59. The topological polar surface area (TPSA) is 65.3 Å². The molecule has 2 heterocycles. The quantitative estimate of drug-likeness (QED) is 0.766. The normalized spacial score (nSPS) is 23.7. The third-order valence-corrected chi connectivity index (χ3v) is 5.54. The number of carbonyl (C=O) groups is 2. The Hall–Kier alpha value is -2.73. The summed E-state index contributed by atoms with van der Waals surface area (Å²) in [6.45, 7) is 0. The van der Waals surface area contributed by atoms with Crippen molar-refractivity contribution in [2.24, 2.45) is 10.3 Å². The molecular formula is C19H15ClN4O2. The number of halogens is 1. The third kappa shape index (κ3) is 2.12. The number of amides is 2. The first-order valence-corrected chi connectivity index (χ1v) is 8.97. The Balaban J connectivity index is 1.52. The van der Waals surface area contributed by atoms with E-state index in [4.69, 9.17) is 11.6 Å². The third-order valence-electron chi connectivity index (χ3n) is 5.22. The van der Waals surface area contributed by atoms with E-state index in [0.29, 0.717) is 16.4 Å². The first kappa shape index (κ1) is 15.5. The van der Waals surface area contributed by atoms with Gasteiger partial charge in [-0.1, -0.05) is 35.0 Å². The number of hydrogen-bond donors (Lipinski definition) is 0. The van der Waals surface area contributed by atoms with Gasteiger partial charge in [-0.05, 0) is 54.7 Å². The molecule has 6 nitrogen and oxygen atoms in total. The molecule has 26 heavy (non-hydrogen) atoms. The Morgan fingerprint density at radius 3 is 2.65 bits per heavy atom. The summed E-state index contributed by atoms with van der Waals surface area (Å²) in [5, 5.41) is 10.0. The van der Waals surface area contributed by atoms with Gasteiger partial charge >= 0.3 is 0 Å². The molecule has 0 N–H and O–H groups in total. The standard InChI is InChI=1S/C19H15ClN4O2/c20-14-6-1-2-7-15(14)24-17-16(21-22-24)18(25)23(19(17)26)13-9-8-11-4-3-5-12(11)10-13/h1-2,6-10,16-17H,3-5H2/t16-,17+/m0/s1. The van der Waals surface area contributed by atoms with Crippen LogP contribution in [0.4, 0.5) is 11.4 Å². The number of anilines is 2. The van der Waals surface area contributed by atoms with Gasteiger partial charge in [0.2, 0.25) is 0 Å². The Labute approximate surface area is 155 Å². The summed E-state index contributed by atoms with van der Waals surface area (Å²) in [4.78, 5) is 27.2. The van der Waals surface area contributed by atoms with Crippen molar-refractivity contribution in [1.82, 2.24) is 0 Å². The molecule has 1 aliphatic carbocycles. The maximum atomic E-state index is 13.1. The van der Waals surface area contributed by atoms with Gasteiger partial charge in [0.25, 0.3) is 11.8 Å². The molecule has 0 spiro atoms. The fourth-order valence-electron chi connectivity index (χ4n) is 3.95. The smallest absolute Gasteiger partial charge is 0.263 e. The van der Waals surface area contributed by atoms with Crippen LogP contribution >= 0.6 is 11.6 Å². The number of nitrogens with zero attached hydrogens (tertiary/aromatic N) is 4. The Bertz CT molecular complexity index is 974. The van der Waals surface area contributed by atoms with E-state index < -0.39 is 12.1 Å². The molecular weight excluding hydrogens is 352 g/mol. The van der Waals surface area contributed by atoms with Crippen molar-refractivity contribution in [3.05, 3.63) is 58.6 Å². The van der Waals surface area contributed by atoms with Crippen LogP contribution in [0.3, 0.4) is 0 Å². The predicted molar refractivity (Wildman–Crippen MR) is 97.3 cm³/mol. The van der Waals surface area contributed by atoms with Crippen LogP contribution in [-0.4, -0.2) is 23.9 Å². The van der Waals surface area contributed by atoms with Crippen molar-refractivity contribution < 1.29 is 9.59 Å². The highest BCUT2D eigenvalue weighted by Crippen LogP contribution is 2.38. The second-order valence-electron chi connectivity index (χ2n) is 6.71. The number of aryl methyl sites for hydroxylation is 2. The van der Waals surface area contributed by atoms with E-state index in [1.807, 2.05) is 24.3 Å². The molecule has 7 heteroatoms. The molecule has 2 amide bonds. The van der Waals surface area contributed by atoms with Crippen LogP contribution < -0.4 is 9.91 Å². The molecule has 0 aromatic heterocycles. The highest BCUT2D eigenvalue weighted by Gasteiger charge is 2.55. The lowest BCUT2D eigenvalue weighted by Crippen LogP contribution is -2.40. The lowest BCUT2D eigenvalue weighted by atomic mass is 10.1. The van der Waals surface area contributed by atoms with Gasteiger partial charge in [0.15, 0.2) is 12.1 Å². The van der Waals surface area contributed by atoms with E-state index in [-0.39, 0.29) is 11.8 Å². The summed E-state index contributed by atoms with van der Waals surface area (Å²) in [5.74, 6) is -0.654. The molecule has 2 aromatic rings. The summed E-state index contributed by atoms with van der Waals surface area (Å²) in [6, 6.07) is 11.3. The lowest BCUT2D eigenvalue weighted by molar-refractivity contribution is -0.121. The van der Waals surface area contributed by atoms with Crippen LogP contribution in [0.25, 0.3) is 0 Å². The molecule has 0 bridgehead atoms. The van der Waals surface area contributed by atoms with Crippen LogP contribution in [0, 0.1) is 0 Å². The SMILES string of the molecule is O=C1[C@H]2N=NN(c3ccccc3Cl)[C@H]2C(=O)N1c1ccc2c(c1)CCC2. The van der Waals surface area contributed by atoms with E-state index in [1.54, 1.807) is 18.2 Å². The monoisotopic (exact) mass is 366 g/mol. The van der Waals surface area contributed by atoms with E-state index in [2.05, 4.69) is 10.3 Å². The minimum absolute atomic E-state index is 0.317. The van der Waals surface area contributed by atoms with Crippen molar-refractivity contribution >= 4 is 34.8 Å². The Morgan fingerprint density at radius 2 is 1.81 bits per heavy atom. The molecule has 130 valence electrons. The van der Waals surface area contributed by atoms with E-state index >= 15 is 0 Å². The number of carbonyl (C=O) groups excluding carboxylic acids is 2. The second-order valence-corrected chi connectivity index (χ2v) is 7.12. The maximum absolute atomic E-state index is 13.1. The van der Waals surface area contributed by atoms with Crippen molar-refractivity contribution in [2.45, 2.75) is 31.3 Å². The molecule has 1 fully saturated rings. The van der Waals surface area contributed by atoms with Gasteiger partial charge in [-0.25, -0.2) is 9.91 Å². The van der Waals surface area contributed by atoms with Crippen LogP contribution in [0.2, 0.25) is 5.02 Å². The zero-order valence-electron chi connectivity index (χ0n) is 13.8. The highest BCUT2D eigenvalue weighted by molar-refractivity contribution is 6.33. The molecule has 2 aliphatic heterocycles. The summed E-state index contributed by atoms with van der Waals surface area (Å²) < 4.78 is 0. The first-order chi connectivity index (χ1) is 12.6. The van der Waals surface area contributed by atoms with Gasteiger partial charge in [-0.15, -0.1) is 0 Å². The summed E-state index contributed by atoms with van der Waals surface area (Å²) in [6.07, 6.45) is 3.15. The van der Waals surface area contributed by atoms with Crippen molar-refractivity contribution in [3.63, 3.8) is 0 Å². The van der Waals surface area contributed by atoms with E-state index in [0.717, 1.165) is 19.3 Å². The molecule has 5 rings (SSSR count). The van der Waals surface area contributed by atoms with E-state index in [1.165, 1.54) is 21.0 Å². The van der Waals surface area contributed by atoms with Crippen LogP contribution in [0.5, 0.6) is 0 Å². The molecule has 3 aliphatic rings. The fourth-order valence-corrected chi connectivity index (χ4v) is 4.17. The minimum atomic E-state index is -0.827. The number of benzene rings is 2. The Kier molecular flexibility index (Phi) is 3.37. The zero-order valence-corrected chi connectivity index (χ0v) is 14.6. The number of imide groups is 1. The molecule has 0 saturated carbocycles. The van der Waals surface area contributed by atoms with Crippen molar-refractivity contribution in [1.29, 1.82) is 0 Å². The average Bonchev–Trinajstić information content (AvgIpc) is 3.33. The van der Waals surface area contributed by atoms with Crippen LogP contribution in [-0.2, 0) is 22.4 Å². The van der Waals surface area contributed by atoms with Gasteiger partial charge in [0.1, 0.15) is 0 Å². The number of para-hydroxylation sites is 1. The van der Waals surface area contributed by atoms with Crippen molar-refractivity contribution in [2.75, 3.05) is 9.91 Å².